The van der Waals surface area contributed by atoms with Crippen molar-refractivity contribution in [3.8, 4) is 0 Å². The van der Waals surface area contributed by atoms with E-state index in [0.717, 1.165) is 5.56 Å². The first-order chi connectivity index (χ1) is 18.2. The third-order valence-corrected chi connectivity index (χ3v) is 12.0. The maximum absolute atomic E-state index is 15.0. The lowest BCUT2D eigenvalue weighted by Gasteiger charge is -2.72. The van der Waals surface area contributed by atoms with Gasteiger partial charge in [0.15, 0.2) is 11.9 Å². The van der Waals surface area contributed by atoms with Gasteiger partial charge in [0.25, 0.3) is 0 Å². The molecule has 9 nitrogen and oxygen atoms in total. The van der Waals surface area contributed by atoms with Gasteiger partial charge < -0.3 is 23.4 Å². The van der Waals surface area contributed by atoms with Crippen LogP contribution in [-0.4, -0.2) is 48.1 Å². The quantitative estimate of drug-likeness (QED) is 0.400. The molecule has 5 fully saturated rings. The smallest absolute Gasteiger partial charge is 0.309 e. The number of cyclic esters (lactones) is 2. The number of hydrogen-bond donors (Lipinski definition) is 0. The van der Waals surface area contributed by atoms with E-state index < -0.39 is 63.4 Å². The Morgan fingerprint density at radius 3 is 2.46 bits per heavy atom. The SMILES string of the molecule is CC(=O)O[C@@H]1C(=O)[C@@]2(C)[C@@H](CC[C@@]3(C)[C@@H](c4ccoc4)OC(=O)[C@H](C)[C@@]32C)[C@@]23COC(=O)C[C@H]2OC(C)(C)[C@@H]13. The number of fused-ring (bicyclic) bond motifs is 3. The monoisotopic (exact) mass is 542 g/mol. The zero-order valence-electron chi connectivity index (χ0n) is 23.7. The molecule has 1 aromatic rings. The van der Waals surface area contributed by atoms with Gasteiger partial charge in [-0.1, -0.05) is 27.7 Å². The summed E-state index contributed by atoms with van der Waals surface area (Å²) in [6.45, 7) is 13.1. The highest BCUT2D eigenvalue weighted by molar-refractivity contribution is 5.94. The Labute approximate surface area is 228 Å². The summed E-state index contributed by atoms with van der Waals surface area (Å²) in [6, 6.07) is 1.80. The zero-order valence-corrected chi connectivity index (χ0v) is 23.7. The second-order valence-electron chi connectivity index (χ2n) is 13.6. The molecule has 2 saturated carbocycles. The normalized spacial score (nSPS) is 48.1. The summed E-state index contributed by atoms with van der Waals surface area (Å²) in [5.74, 6) is -2.91. The maximum Gasteiger partial charge on any atom is 0.309 e. The molecule has 212 valence electrons. The first kappa shape index (κ1) is 26.5. The van der Waals surface area contributed by atoms with Crippen LogP contribution in [0, 0.1) is 39.4 Å². The van der Waals surface area contributed by atoms with Crippen molar-refractivity contribution in [2.75, 3.05) is 6.61 Å². The number of carbonyl (C=O) groups is 4. The van der Waals surface area contributed by atoms with Crippen molar-refractivity contribution in [1.29, 1.82) is 0 Å². The van der Waals surface area contributed by atoms with Gasteiger partial charge in [-0.3, -0.25) is 19.2 Å². The van der Waals surface area contributed by atoms with Crippen LogP contribution in [-0.2, 0) is 38.1 Å². The summed E-state index contributed by atoms with van der Waals surface area (Å²) in [7, 11) is 0. The molecule has 39 heavy (non-hydrogen) atoms. The Morgan fingerprint density at radius 1 is 1.10 bits per heavy atom. The van der Waals surface area contributed by atoms with E-state index in [9.17, 15) is 14.4 Å². The van der Waals surface area contributed by atoms with Gasteiger partial charge in [-0.25, -0.2) is 0 Å². The number of furan rings is 1. The highest BCUT2D eigenvalue weighted by atomic mass is 16.6. The second-order valence-corrected chi connectivity index (χ2v) is 13.6. The summed E-state index contributed by atoms with van der Waals surface area (Å²) < 4.78 is 29.7. The third kappa shape index (κ3) is 2.95. The van der Waals surface area contributed by atoms with E-state index in [1.807, 2.05) is 34.6 Å². The number of hydrogen-bond acceptors (Lipinski definition) is 9. The molecule has 9 heteroatoms. The van der Waals surface area contributed by atoms with Crippen LogP contribution in [0.1, 0.15) is 79.4 Å². The molecular formula is C30H38O9. The highest BCUT2D eigenvalue weighted by Gasteiger charge is 2.83. The van der Waals surface area contributed by atoms with E-state index in [0.29, 0.717) is 12.8 Å². The van der Waals surface area contributed by atoms with Crippen molar-refractivity contribution >= 4 is 23.7 Å². The molecular weight excluding hydrogens is 504 g/mol. The van der Waals surface area contributed by atoms with Crippen LogP contribution in [0.2, 0.25) is 0 Å². The molecule has 0 amide bonds. The van der Waals surface area contributed by atoms with E-state index in [1.54, 1.807) is 18.6 Å². The molecule has 0 radical (unpaired) electrons. The van der Waals surface area contributed by atoms with Crippen molar-refractivity contribution in [2.45, 2.75) is 91.6 Å². The fourth-order valence-corrected chi connectivity index (χ4v) is 10.1. The molecule has 4 heterocycles. The highest BCUT2D eigenvalue weighted by Crippen LogP contribution is 2.78. The standard InChI is InChI=1S/C30H38O9/c1-15-25(34)38-24(17-9-11-35-13-17)27(5)10-8-18-28(6,29(15,27)7)23(33)21(37-16(2)31)22-26(3,4)39-19-12-20(32)36-14-30(18,19)22/h9,11,13,15,18-19,21-22,24H,8,10,12,14H2,1-7H3/t15-,18+,19+,21-,22+,24+,27-,28+,29-,30-/m0/s1. The van der Waals surface area contributed by atoms with Gasteiger partial charge >= 0.3 is 17.9 Å². The average Bonchev–Trinajstić information content (AvgIpc) is 3.46. The van der Waals surface area contributed by atoms with Crippen LogP contribution in [0.5, 0.6) is 0 Å². The molecule has 3 aliphatic heterocycles. The van der Waals surface area contributed by atoms with E-state index in [4.69, 9.17) is 23.4 Å². The van der Waals surface area contributed by atoms with E-state index in [2.05, 4.69) is 6.92 Å². The molecule has 1 aromatic heterocycles. The van der Waals surface area contributed by atoms with Crippen LogP contribution in [0.3, 0.4) is 0 Å². The predicted molar refractivity (Wildman–Crippen MR) is 135 cm³/mol. The topological polar surface area (TPSA) is 118 Å². The molecule has 0 bridgehead atoms. The minimum atomic E-state index is -1.14. The fraction of sp³-hybridized carbons (Fsp3) is 0.733. The molecule has 6 rings (SSSR count). The first-order valence-corrected chi connectivity index (χ1v) is 13.9. The van der Waals surface area contributed by atoms with Crippen LogP contribution in [0.25, 0.3) is 0 Å². The molecule has 0 aromatic carbocycles. The van der Waals surface area contributed by atoms with Crippen molar-refractivity contribution in [1.82, 2.24) is 0 Å². The average molecular weight is 543 g/mol. The Bertz CT molecular complexity index is 1250. The lowest BCUT2D eigenvalue weighted by atomic mass is 9.31. The number of carbonyl (C=O) groups excluding carboxylic acids is 4. The lowest BCUT2D eigenvalue weighted by molar-refractivity contribution is -0.284. The third-order valence-electron chi connectivity index (χ3n) is 12.0. The zero-order chi connectivity index (χ0) is 28.3. The van der Waals surface area contributed by atoms with Crippen LogP contribution < -0.4 is 0 Å². The van der Waals surface area contributed by atoms with Gasteiger partial charge in [0.05, 0.1) is 36.6 Å². The van der Waals surface area contributed by atoms with E-state index in [-0.39, 0.29) is 36.7 Å². The van der Waals surface area contributed by atoms with Gasteiger partial charge in [-0.15, -0.1) is 0 Å². The number of ketones is 1. The van der Waals surface area contributed by atoms with Crippen LogP contribution in [0.4, 0.5) is 0 Å². The number of ether oxygens (including phenoxy) is 4. The number of rotatable bonds is 2. The number of esters is 3. The number of Topliss-reactive ketones (excluding diaryl/α,β-unsaturated/α-hetero) is 1. The summed E-state index contributed by atoms with van der Waals surface area (Å²) in [4.78, 5) is 53.6. The molecule has 1 spiro atoms. The van der Waals surface area contributed by atoms with Gasteiger partial charge in [-0.2, -0.15) is 0 Å². The summed E-state index contributed by atoms with van der Waals surface area (Å²) in [5, 5.41) is 0. The molecule has 10 atom stereocenters. The summed E-state index contributed by atoms with van der Waals surface area (Å²) in [5.41, 5.74) is -3.57. The predicted octanol–water partition coefficient (Wildman–Crippen LogP) is 4.18. The second kappa shape index (κ2) is 7.95. The Kier molecular flexibility index (Phi) is 5.41. The molecule has 3 saturated heterocycles. The van der Waals surface area contributed by atoms with Crippen molar-refractivity contribution in [3.05, 3.63) is 24.2 Å². The van der Waals surface area contributed by atoms with Crippen LogP contribution >= 0.6 is 0 Å². The van der Waals surface area contributed by atoms with Gasteiger partial charge in [0.2, 0.25) is 0 Å². The largest absolute Gasteiger partial charge is 0.472 e. The fourth-order valence-electron chi connectivity index (χ4n) is 10.1. The van der Waals surface area contributed by atoms with Crippen molar-refractivity contribution in [3.63, 3.8) is 0 Å². The first-order valence-electron chi connectivity index (χ1n) is 13.9. The Balaban J connectivity index is 1.61. The molecule has 0 N–H and O–H groups in total. The lowest BCUT2D eigenvalue weighted by Crippen LogP contribution is -2.77. The van der Waals surface area contributed by atoms with E-state index >= 15 is 4.79 Å². The Hall–Kier alpha value is -2.68. The van der Waals surface area contributed by atoms with E-state index in [1.165, 1.54) is 6.92 Å². The van der Waals surface area contributed by atoms with Crippen molar-refractivity contribution in [2.24, 2.45) is 39.4 Å². The van der Waals surface area contributed by atoms with Crippen molar-refractivity contribution < 1.29 is 42.5 Å². The summed E-state index contributed by atoms with van der Waals surface area (Å²) >= 11 is 0. The van der Waals surface area contributed by atoms with Gasteiger partial charge in [0, 0.05) is 40.1 Å². The minimum Gasteiger partial charge on any atom is -0.472 e. The molecule has 2 aliphatic carbocycles. The van der Waals surface area contributed by atoms with Gasteiger partial charge in [0.1, 0.15) is 12.7 Å². The maximum atomic E-state index is 15.0. The molecule has 5 aliphatic rings. The van der Waals surface area contributed by atoms with Crippen LogP contribution in [0.15, 0.2) is 23.0 Å². The minimum absolute atomic E-state index is 0.0662. The summed E-state index contributed by atoms with van der Waals surface area (Å²) in [6.07, 6.45) is 2.28. The Morgan fingerprint density at radius 2 is 1.82 bits per heavy atom. The van der Waals surface area contributed by atoms with Gasteiger partial charge in [-0.05, 0) is 38.7 Å². The molecule has 0 unspecified atom stereocenters.